The zero-order chi connectivity index (χ0) is 14.8. The smallest absolute Gasteiger partial charge is 0.234 e. The number of benzene rings is 1. The number of nitrogens with zero attached hydrogens (tertiary/aromatic N) is 2. The highest BCUT2D eigenvalue weighted by Crippen LogP contribution is 2.38. The highest BCUT2D eigenvalue weighted by Gasteiger charge is 2.39. The molecule has 3 rings (SSSR count). The monoisotopic (exact) mass is 283 g/mol. The number of imide groups is 1. The van der Waals surface area contributed by atoms with Crippen molar-refractivity contribution >= 4 is 11.8 Å². The second-order valence-electron chi connectivity index (χ2n) is 5.22. The van der Waals surface area contributed by atoms with Crippen molar-refractivity contribution < 1.29 is 9.59 Å². The number of aryl methyl sites for hydroxylation is 1. The van der Waals surface area contributed by atoms with Crippen LogP contribution in [0.25, 0.3) is 0 Å². The first kappa shape index (κ1) is 13.5. The number of nitrogens with one attached hydrogen (secondary N) is 1. The van der Waals surface area contributed by atoms with Crippen LogP contribution in [0.1, 0.15) is 36.4 Å². The van der Waals surface area contributed by atoms with E-state index in [1.54, 1.807) is 12.5 Å². The number of aromatic nitrogens is 2. The van der Waals surface area contributed by atoms with E-state index in [0.717, 1.165) is 17.8 Å². The summed E-state index contributed by atoms with van der Waals surface area (Å²) in [4.78, 5) is 28.3. The van der Waals surface area contributed by atoms with E-state index in [0.29, 0.717) is 6.42 Å². The molecule has 0 saturated carbocycles. The number of carbonyl (C=O) groups excluding carboxylic acids is 2. The van der Waals surface area contributed by atoms with Crippen LogP contribution in [0.5, 0.6) is 0 Å². The number of imidazole rings is 1. The highest BCUT2D eigenvalue weighted by molar-refractivity contribution is 6.02. The van der Waals surface area contributed by atoms with Gasteiger partial charge in [0, 0.05) is 30.8 Å². The quantitative estimate of drug-likeness (QED) is 0.874. The largest absolute Gasteiger partial charge is 0.335 e. The van der Waals surface area contributed by atoms with Crippen LogP contribution in [0, 0.1) is 0 Å². The van der Waals surface area contributed by atoms with Crippen molar-refractivity contribution in [2.24, 2.45) is 0 Å². The predicted octanol–water partition coefficient (Wildman–Crippen LogP) is 1.82. The third-order valence-corrected chi connectivity index (χ3v) is 3.98. The van der Waals surface area contributed by atoms with Gasteiger partial charge < -0.3 is 4.57 Å². The van der Waals surface area contributed by atoms with Crippen LogP contribution < -0.4 is 5.32 Å². The first-order chi connectivity index (χ1) is 10.2. The maximum atomic E-state index is 12.3. The standard InChI is InChI=1S/C16H17N3O2/c1-2-19-10-17-9-13(19)12-8-14(20)18-16(21)15(12)11-6-4-3-5-7-11/h3-7,9-10,12,15H,2,8H2,1H3,(H,18,20,21). The molecule has 108 valence electrons. The van der Waals surface area contributed by atoms with Crippen LogP contribution in [-0.4, -0.2) is 21.4 Å². The summed E-state index contributed by atoms with van der Waals surface area (Å²) in [7, 11) is 0. The number of piperidine rings is 1. The summed E-state index contributed by atoms with van der Waals surface area (Å²) in [5, 5.41) is 2.45. The molecule has 1 N–H and O–H groups in total. The zero-order valence-corrected chi connectivity index (χ0v) is 11.8. The summed E-state index contributed by atoms with van der Waals surface area (Å²) in [5.74, 6) is -0.977. The molecule has 1 aliphatic heterocycles. The molecule has 2 atom stereocenters. The zero-order valence-electron chi connectivity index (χ0n) is 11.8. The molecule has 5 heteroatoms. The fraction of sp³-hybridized carbons (Fsp3) is 0.312. The molecular weight excluding hydrogens is 266 g/mol. The van der Waals surface area contributed by atoms with Gasteiger partial charge in [-0.2, -0.15) is 0 Å². The van der Waals surface area contributed by atoms with E-state index < -0.39 is 0 Å². The Labute approximate surface area is 123 Å². The van der Waals surface area contributed by atoms with E-state index >= 15 is 0 Å². The van der Waals surface area contributed by atoms with Crippen molar-refractivity contribution in [3.8, 4) is 0 Å². The molecule has 2 aromatic rings. The molecule has 0 aliphatic carbocycles. The number of rotatable bonds is 3. The van der Waals surface area contributed by atoms with Gasteiger partial charge in [0.05, 0.1) is 12.2 Å². The summed E-state index contributed by atoms with van der Waals surface area (Å²) in [6.07, 6.45) is 3.81. The minimum Gasteiger partial charge on any atom is -0.335 e. The van der Waals surface area contributed by atoms with Gasteiger partial charge >= 0.3 is 0 Å². The van der Waals surface area contributed by atoms with Gasteiger partial charge in [0.2, 0.25) is 11.8 Å². The van der Waals surface area contributed by atoms with E-state index in [1.807, 2.05) is 41.8 Å². The van der Waals surface area contributed by atoms with Crippen molar-refractivity contribution in [3.05, 3.63) is 54.1 Å². The Morgan fingerprint density at radius 3 is 2.76 bits per heavy atom. The molecular formula is C16H17N3O2. The van der Waals surface area contributed by atoms with Crippen LogP contribution in [-0.2, 0) is 16.1 Å². The van der Waals surface area contributed by atoms with Gasteiger partial charge in [-0.25, -0.2) is 4.98 Å². The van der Waals surface area contributed by atoms with Gasteiger partial charge in [-0.05, 0) is 12.5 Å². The molecule has 2 unspecified atom stereocenters. The molecule has 2 amide bonds. The molecule has 0 radical (unpaired) electrons. The average Bonchev–Trinajstić information content (AvgIpc) is 2.95. The number of carbonyl (C=O) groups is 2. The van der Waals surface area contributed by atoms with Gasteiger partial charge in [-0.3, -0.25) is 14.9 Å². The average molecular weight is 283 g/mol. The minimum atomic E-state index is -0.356. The lowest BCUT2D eigenvalue weighted by Gasteiger charge is -2.30. The van der Waals surface area contributed by atoms with Gasteiger partial charge in [-0.15, -0.1) is 0 Å². The Morgan fingerprint density at radius 2 is 2.05 bits per heavy atom. The molecule has 1 aromatic heterocycles. The fourth-order valence-electron chi connectivity index (χ4n) is 2.99. The van der Waals surface area contributed by atoms with Crippen LogP contribution in [0.15, 0.2) is 42.9 Å². The van der Waals surface area contributed by atoms with Crippen molar-refractivity contribution in [1.29, 1.82) is 0 Å². The van der Waals surface area contributed by atoms with Crippen LogP contribution >= 0.6 is 0 Å². The molecule has 1 aliphatic rings. The van der Waals surface area contributed by atoms with E-state index in [2.05, 4.69) is 10.3 Å². The molecule has 2 heterocycles. The van der Waals surface area contributed by atoms with E-state index in [-0.39, 0.29) is 23.7 Å². The van der Waals surface area contributed by atoms with E-state index in [1.165, 1.54) is 0 Å². The van der Waals surface area contributed by atoms with Crippen LogP contribution in [0.4, 0.5) is 0 Å². The van der Waals surface area contributed by atoms with Gasteiger partial charge in [0.25, 0.3) is 0 Å². The van der Waals surface area contributed by atoms with E-state index in [4.69, 9.17) is 0 Å². The lowest BCUT2D eigenvalue weighted by Crippen LogP contribution is -2.44. The summed E-state index contributed by atoms with van der Waals surface area (Å²) in [6, 6.07) is 9.60. The Kier molecular flexibility index (Phi) is 3.56. The van der Waals surface area contributed by atoms with E-state index in [9.17, 15) is 9.59 Å². The first-order valence-electron chi connectivity index (χ1n) is 7.09. The summed E-state index contributed by atoms with van der Waals surface area (Å²) < 4.78 is 1.99. The summed E-state index contributed by atoms with van der Waals surface area (Å²) in [5.41, 5.74) is 1.87. The lowest BCUT2D eigenvalue weighted by molar-refractivity contribution is -0.135. The highest BCUT2D eigenvalue weighted by atomic mass is 16.2. The Hall–Kier alpha value is -2.43. The minimum absolute atomic E-state index is 0.170. The molecule has 5 nitrogen and oxygen atoms in total. The molecule has 21 heavy (non-hydrogen) atoms. The second kappa shape index (κ2) is 5.52. The fourth-order valence-corrected chi connectivity index (χ4v) is 2.99. The lowest BCUT2D eigenvalue weighted by atomic mass is 9.79. The maximum absolute atomic E-state index is 12.3. The SMILES string of the molecule is CCn1cncc1C1CC(=O)NC(=O)C1c1ccccc1. The van der Waals surface area contributed by atoms with Crippen LogP contribution in [0.2, 0.25) is 0 Å². The predicted molar refractivity (Wildman–Crippen MR) is 77.6 cm³/mol. The summed E-state index contributed by atoms with van der Waals surface area (Å²) >= 11 is 0. The number of hydrogen-bond acceptors (Lipinski definition) is 3. The Balaban J connectivity index is 2.05. The van der Waals surface area contributed by atoms with Crippen molar-refractivity contribution in [2.45, 2.75) is 31.7 Å². The molecule has 1 aromatic carbocycles. The van der Waals surface area contributed by atoms with Crippen molar-refractivity contribution in [2.75, 3.05) is 0 Å². The van der Waals surface area contributed by atoms with Gasteiger partial charge in [0.1, 0.15) is 0 Å². The third kappa shape index (κ3) is 2.46. The molecule has 1 fully saturated rings. The summed E-state index contributed by atoms with van der Waals surface area (Å²) in [6.45, 7) is 2.79. The van der Waals surface area contributed by atoms with Crippen LogP contribution in [0.3, 0.4) is 0 Å². The van der Waals surface area contributed by atoms with Crippen molar-refractivity contribution in [1.82, 2.24) is 14.9 Å². The Bertz CT molecular complexity index is 663. The van der Waals surface area contributed by atoms with Gasteiger partial charge in [-0.1, -0.05) is 30.3 Å². The van der Waals surface area contributed by atoms with Gasteiger partial charge in [0.15, 0.2) is 0 Å². The normalized spacial score (nSPS) is 22.1. The topological polar surface area (TPSA) is 64.0 Å². The third-order valence-electron chi connectivity index (χ3n) is 3.98. The second-order valence-corrected chi connectivity index (χ2v) is 5.22. The number of hydrogen-bond donors (Lipinski definition) is 1. The van der Waals surface area contributed by atoms with Crippen molar-refractivity contribution in [3.63, 3.8) is 0 Å². The Morgan fingerprint density at radius 1 is 1.29 bits per heavy atom. The molecule has 0 spiro atoms. The molecule has 0 bridgehead atoms. The first-order valence-corrected chi connectivity index (χ1v) is 7.09. The maximum Gasteiger partial charge on any atom is 0.234 e. The molecule has 1 saturated heterocycles. The number of amides is 2.